The van der Waals surface area contributed by atoms with Gasteiger partial charge in [0.15, 0.2) is 18.0 Å². The van der Waals surface area contributed by atoms with Crippen LogP contribution in [0.15, 0.2) is 54.9 Å². The average Bonchev–Trinajstić information content (AvgIpc) is 3.24. The first-order chi connectivity index (χ1) is 16.7. The van der Waals surface area contributed by atoms with Gasteiger partial charge in [-0.2, -0.15) is 5.10 Å². The van der Waals surface area contributed by atoms with Gasteiger partial charge in [-0.05, 0) is 52.0 Å². The molecule has 0 fully saturated rings. The third-order valence-corrected chi connectivity index (χ3v) is 5.74. The summed E-state index contributed by atoms with van der Waals surface area (Å²) in [6.07, 6.45) is 1.41. The number of benzene rings is 2. The van der Waals surface area contributed by atoms with Crippen LogP contribution in [0.25, 0.3) is 22.3 Å². The molecule has 2 aromatic carbocycles. The third kappa shape index (κ3) is 5.13. The van der Waals surface area contributed by atoms with Crippen LogP contribution in [0.5, 0.6) is 5.75 Å². The maximum atomic E-state index is 12.5. The second-order valence-electron chi connectivity index (χ2n) is 9.04. The van der Waals surface area contributed by atoms with E-state index in [1.54, 1.807) is 28.9 Å². The first-order valence-corrected chi connectivity index (χ1v) is 11.2. The maximum Gasteiger partial charge on any atom is 0.258 e. The molecule has 0 aliphatic carbocycles. The molecular weight excluding hydrogens is 444 g/mol. The van der Waals surface area contributed by atoms with Crippen LogP contribution in [0.3, 0.4) is 0 Å². The van der Waals surface area contributed by atoms with Gasteiger partial charge in [0.2, 0.25) is 0 Å². The number of nitrogens with one attached hydrogen (secondary N) is 1. The summed E-state index contributed by atoms with van der Waals surface area (Å²) in [5.41, 5.74) is 9.51. The number of amides is 1. The zero-order valence-electron chi connectivity index (χ0n) is 20.2. The van der Waals surface area contributed by atoms with Crippen molar-refractivity contribution < 1.29 is 14.3 Å². The number of carbonyl (C=O) groups is 2. The van der Waals surface area contributed by atoms with Crippen molar-refractivity contribution in [1.82, 2.24) is 25.1 Å². The number of nitrogens with two attached hydrogens (primary N) is 1. The molecule has 2 heterocycles. The summed E-state index contributed by atoms with van der Waals surface area (Å²) in [6.45, 7) is 7.56. The molecule has 180 valence electrons. The monoisotopic (exact) mass is 472 g/mol. The van der Waals surface area contributed by atoms with Crippen LogP contribution in [0.1, 0.15) is 36.7 Å². The largest absolute Gasteiger partial charge is 0.484 e. The van der Waals surface area contributed by atoms with Crippen LogP contribution >= 0.6 is 0 Å². The molecule has 9 heteroatoms. The summed E-state index contributed by atoms with van der Waals surface area (Å²) in [5, 5.41) is 8.42. The van der Waals surface area contributed by atoms with Gasteiger partial charge < -0.3 is 15.8 Å². The lowest BCUT2D eigenvalue weighted by atomic mass is 10.1. The Kier molecular flexibility index (Phi) is 6.50. The fourth-order valence-corrected chi connectivity index (χ4v) is 3.69. The van der Waals surface area contributed by atoms with Crippen LogP contribution in [-0.4, -0.2) is 44.6 Å². The van der Waals surface area contributed by atoms with Gasteiger partial charge in [0, 0.05) is 17.7 Å². The van der Waals surface area contributed by atoms with Crippen LogP contribution in [0, 0.1) is 6.92 Å². The fourth-order valence-electron chi connectivity index (χ4n) is 3.69. The minimum absolute atomic E-state index is 0.0276. The molecule has 4 aromatic rings. The summed E-state index contributed by atoms with van der Waals surface area (Å²) in [6, 6.07) is 14.7. The highest BCUT2D eigenvalue weighted by atomic mass is 16.5. The molecule has 1 amide bonds. The summed E-state index contributed by atoms with van der Waals surface area (Å²) < 4.78 is 7.32. The minimum atomic E-state index is -0.624. The first-order valence-electron chi connectivity index (χ1n) is 11.2. The molecule has 0 aliphatic rings. The molecule has 0 saturated heterocycles. The second kappa shape index (κ2) is 9.54. The SMILES string of the molecule is CC(=O)c1ccc(OCC(=O)NCC(C)(C)n2nc(-c3ccc(C)cc3)c3c(N)ncnc32)cc1. The van der Waals surface area contributed by atoms with E-state index in [1.807, 2.05) is 45.0 Å². The standard InChI is InChI=1S/C26H28N6O3/c1-16-5-7-19(8-6-16)23-22-24(27)29-15-30-25(22)32(31-23)26(3,4)14-28-21(34)13-35-20-11-9-18(10-12-20)17(2)33/h5-12,15H,13-14H2,1-4H3,(H,28,34)(H2,27,29,30). The van der Waals surface area contributed by atoms with E-state index in [2.05, 4.69) is 15.3 Å². The van der Waals surface area contributed by atoms with Crippen molar-refractivity contribution >= 4 is 28.5 Å². The van der Waals surface area contributed by atoms with Gasteiger partial charge in [-0.25, -0.2) is 14.6 Å². The van der Waals surface area contributed by atoms with Crippen LogP contribution in [0.4, 0.5) is 5.82 Å². The predicted octanol–water partition coefficient (Wildman–Crippen LogP) is 3.52. The van der Waals surface area contributed by atoms with E-state index < -0.39 is 5.54 Å². The Morgan fingerprint density at radius 2 is 1.74 bits per heavy atom. The van der Waals surface area contributed by atoms with Crippen molar-refractivity contribution in [2.24, 2.45) is 0 Å². The molecule has 35 heavy (non-hydrogen) atoms. The van der Waals surface area contributed by atoms with Crippen molar-refractivity contribution in [3.63, 3.8) is 0 Å². The van der Waals surface area contributed by atoms with Crippen molar-refractivity contribution in [2.75, 3.05) is 18.9 Å². The normalized spacial score (nSPS) is 11.4. The zero-order chi connectivity index (χ0) is 25.2. The lowest BCUT2D eigenvalue weighted by Gasteiger charge is -2.26. The number of Topliss-reactive ketones (excluding diaryl/α,β-unsaturated/α-hetero) is 1. The van der Waals surface area contributed by atoms with Crippen LogP contribution in [0.2, 0.25) is 0 Å². The summed E-state index contributed by atoms with van der Waals surface area (Å²) in [4.78, 5) is 32.5. The van der Waals surface area contributed by atoms with Crippen molar-refractivity contribution in [2.45, 2.75) is 33.2 Å². The number of ketones is 1. The topological polar surface area (TPSA) is 125 Å². The Labute approximate surface area is 203 Å². The van der Waals surface area contributed by atoms with Crippen molar-refractivity contribution in [3.8, 4) is 17.0 Å². The number of anilines is 1. The smallest absolute Gasteiger partial charge is 0.258 e. The summed E-state index contributed by atoms with van der Waals surface area (Å²) in [7, 11) is 0. The summed E-state index contributed by atoms with van der Waals surface area (Å²) >= 11 is 0. The highest BCUT2D eigenvalue weighted by Crippen LogP contribution is 2.33. The highest BCUT2D eigenvalue weighted by molar-refractivity contribution is 5.98. The van der Waals surface area contributed by atoms with Crippen molar-refractivity contribution in [1.29, 1.82) is 0 Å². The van der Waals surface area contributed by atoms with E-state index in [1.165, 1.54) is 13.3 Å². The fraction of sp³-hybridized carbons (Fsp3) is 0.269. The predicted molar refractivity (Wildman–Crippen MR) is 134 cm³/mol. The Morgan fingerprint density at radius 1 is 1.06 bits per heavy atom. The number of rotatable bonds is 8. The quantitative estimate of drug-likeness (QED) is 0.376. The molecule has 9 nitrogen and oxygen atoms in total. The average molecular weight is 473 g/mol. The van der Waals surface area contributed by atoms with Gasteiger partial charge in [0.25, 0.3) is 5.91 Å². The van der Waals surface area contributed by atoms with E-state index in [0.717, 1.165) is 11.1 Å². The van der Waals surface area contributed by atoms with Crippen LogP contribution < -0.4 is 15.8 Å². The Bertz CT molecular complexity index is 1370. The van der Waals surface area contributed by atoms with Gasteiger partial charge in [-0.3, -0.25) is 9.59 Å². The molecule has 0 spiro atoms. The molecular formula is C26H28N6O3. The van der Waals surface area contributed by atoms with Gasteiger partial charge in [-0.1, -0.05) is 29.8 Å². The number of nitrogens with zero attached hydrogens (tertiary/aromatic N) is 4. The Balaban J connectivity index is 1.50. The molecule has 0 unspecified atom stereocenters. The van der Waals surface area contributed by atoms with E-state index in [0.29, 0.717) is 33.9 Å². The third-order valence-electron chi connectivity index (χ3n) is 5.74. The molecule has 3 N–H and O–H groups in total. The lowest BCUT2D eigenvalue weighted by Crippen LogP contribution is -2.43. The van der Waals surface area contributed by atoms with Gasteiger partial charge in [0.1, 0.15) is 23.6 Å². The summed E-state index contributed by atoms with van der Waals surface area (Å²) in [5.74, 6) is 0.552. The maximum absolute atomic E-state index is 12.5. The molecule has 0 aliphatic heterocycles. The number of ether oxygens (including phenoxy) is 1. The van der Waals surface area contributed by atoms with E-state index in [4.69, 9.17) is 15.6 Å². The Morgan fingerprint density at radius 3 is 2.40 bits per heavy atom. The number of carbonyl (C=O) groups excluding carboxylic acids is 2. The van der Waals surface area contributed by atoms with Crippen LogP contribution in [-0.2, 0) is 10.3 Å². The number of hydrogen-bond donors (Lipinski definition) is 2. The van der Waals surface area contributed by atoms with Crippen molar-refractivity contribution in [3.05, 3.63) is 66.0 Å². The molecule has 0 bridgehead atoms. The Hall–Kier alpha value is -4.27. The number of aryl methyl sites for hydroxylation is 1. The van der Waals surface area contributed by atoms with E-state index >= 15 is 0 Å². The molecule has 4 rings (SSSR count). The van der Waals surface area contributed by atoms with E-state index in [-0.39, 0.29) is 24.8 Å². The number of nitrogen functional groups attached to an aromatic ring is 1. The van der Waals surface area contributed by atoms with Gasteiger partial charge in [0.05, 0.1) is 10.9 Å². The molecule has 2 aromatic heterocycles. The highest BCUT2D eigenvalue weighted by Gasteiger charge is 2.28. The molecule has 0 radical (unpaired) electrons. The lowest BCUT2D eigenvalue weighted by molar-refractivity contribution is -0.123. The van der Waals surface area contributed by atoms with Gasteiger partial charge in [-0.15, -0.1) is 0 Å². The number of hydrogen-bond acceptors (Lipinski definition) is 7. The van der Waals surface area contributed by atoms with E-state index in [9.17, 15) is 9.59 Å². The first kappa shape index (κ1) is 23.9. The van der Waals surface area contributed by atoms with Gasteiger partial charge >= 0.3 is 0 Å². The minimum Gasteiger partial charge on any atom is -0.484 e. The molecule has 0 atom stereocenters. The number of aromatic nitrogens is 4. The zero-order valence-corrected chi connectivity index (χ0v) is 20.2. The number of fused-ring (bicyclic) bond motifs is 1. The second-order valence-corrected chi connectivity index (χ2v) is 9.04. The molecule has 0 saturated carbocycles.